The molecule has 0 radical (unpaired) electrons. The lowest BCUT2D eigenvalue weighted by Gasteiger charge is -2.08. The molecule has 0 amide bonds. The van der Waals surface area contributed by atoms with Crippen molar-refractivity contribution in [2.24, 2.45) is 5.16 Å². The van der Waals surface area contributed by atoms with Gasteiger partial charge in [0.25, 0.3) is 0 Å². The third-order valence-corrected chi connectivity index (χ3v) is 8.51. The number of aryl methyl sites for hydroxylation is 3. The summed E-state index contributed by atoms with van der Waals surface area (Å²) >= 11 is 1.63. The van der Waals surface area contributed by atoms with Gasteiger partial charge in [0.1, 0.15) is 5.71 Å². The van der Waals surface area contributed by atoms with Crippen LogP contribution >= 0.6 is 11.8 Å². The molecular weight excluding hydrogens is 544 g/mol. The zero-order valence-electron chi connectivity index (χ0n) is 24.1. The van der Waals surface area contributed by atoms with E-state index in [0.29, 0.717) is 28.9 Å². The molecule has 1 aromatic heterocycles. The summed E-state index contributed by atoms with van der Waals surface area (Å²) in [6, 6.07) is 26.9. The number of aromatic nitrogens is 1. The lowest BCUT2D eigenvalue weighted by atomic mass is 9.97. The summed E-state index contributed by atoms with van der Waals surface area (Å²) in [7, 11) is 0. The number of oxime groups is 1. The number of rotatable bonds is 10. The maximum Gasteiger partial charge on any atom is 0.331 e. The second-order valence-corrected chi connectivity index (χ2v) is 11.3. The van der Waals surface area contributed by atoms with Crippen LogP contribution in [0.2, 0.25) is 0 Å². The number of Topliss-reactive ketones (excluding diaryl/α,β-unsaturated/α-hetero) is 1. The molecule has 0 saturated carbocycles. The van der Waals surface area contributed by atoms with Crippen molar-refractivity contribution in [2.75, 3.05) is 5.75 Å². The van der Waals surface area contributed by atoms with Crippen LogP contribution in [0, 0.1) is 13.8 Å². The minimum absolute atomic E-state index is 0.0402. The number of hydrogen-bond acceptors (Lipinski definition) is 6. The number of benzene rings is 4. The summed E-state index contributed by atoms with van der Waals surface area (Å²) in [6.45, 7) is 8.04. The normalized spacial score (nSPS) is 11.7. The van der Waals surface area contributed by atoms with E-state index in [1.807, 2.05) is 92.7 Å². The fourth-order valence-corrected chi connectivity index (χ4v) is 6.16. The molecule has 0 aliphatic carbocycles. The summed E-state index contributed by atoms with van der Waals surface area (Å²) in [5.74, 6) is -0.327. The fraction of sp³-hybridized carbons (Fsp3) is 0.200. The Hall–Kier alpha value is -4.49. The molecule has 0 fully saturated rings. The van der Waals surface area contributed by atoms with Gasteiger partial charge in [-0.3, -0.25) is 9.59 Å². The molecule has 0 aliphatic rings. The zero-order valence-corrected chi connectivity index (χ0v) is 25.0. The van der Waals surface area contributed by atoms with E-state index in [0.717, 1.165) is 44.4 Å². The third-order valence-electron chi connectivity index (χ3n) is 7.33. The second-order valence-electron chi connectivity index (χ2n) is 10.2. The van der Waals surface area contributed by atoms with Gasteiger partial charge in [0.15, 0.2) is 5.78 Å². The molecule has 4 aromatic carbocycles. The second kappa shape index (κ2) is 12.6. The number of nitrogens with zero attached hydrogens (tertiary/aromatic N) is 2. The lowest BCUT2D eigenvalue weighted by Crippen LogP contribution is -2.16. The minimum Gasteiger partial charge on any atom is -0.341 e. The van der Waals surface area contributed by atoms with Crippen molar-refractivity contribution in [2.45, 2.75) is 45.6 Å². The fourth-order valence-electron chi connectivity index (χ4n) is 5.17. The van der Waals surface area contributed by atoms with Gasteiger partial charge in [0.2, 0.25) is 5.78 Å². The molecule has 6 nitrogen and oxygen atoms in total. The van der Waals surface area contributed by atoms with Crippen LogP contribution in [-0.4, -0.2) is 33.6 Å². The summed E-state index contributed by atoms with van der Waals surface area (Å²) < 4.78 is 2.17. The number of fused-ring (bicyclic) bond motifs is 3. The summed E-state index contributed by atoms with van der Waals surface area (Å²) in [4.78, 5) is 44.7. The Kier molecular flexibility index (Phi) is 8.69. The standard InChI is InChI=1S/C35H32N2O4S/c1-5-37-31-16-14-25(34(39)27-12-8-6-10-22(27)2)20-28(31)29-21-26(15-17-32(29)37)35(40)30(36-41-24(4)38)18-19-42-33-13-9-7-11-23(33)3/h6-17,20-21H,5,18-19H2,1-4H3/b36-30+. The van der Waals surface area contributed by atoms with Crippen molar-refractivity contribution in [1.82, 2.24) is 4.57 Å². The molecule has 0 bridgehead atoms. The molecule has 0 aliphatic heterocycles. The number of carbonyl (C=O) groups excluding carboxylic acids is 3. The van der Waals surface area contributed by atoms with Gasteiger partial charge in [0.05, 0.1) is 0 Å². The Bertz CT molecular complexity index is 1870. The van der Waals surface area contributed by atoms with Crippen molar-refractivity contribution in [3.8, 4) is 0 Å². The van der Waals surface area contributed by atoms with Gasteiger partial charge in [0, 0.05) is 69.0 Å². The summed E-state index contributed by atoms with van der Waals surface area (Å²) in [5.41, 5.74) is 5.92. The van der Waals surface area contributed by atoms with E-state index < -0.39 is 5.97 Å². The first-order chi connectivity index (χ1) is 20.3. The van der Waals surface area contributed by atoms with E-state index in [-0.39, 0.29) is 17.3 Å². The predicted molar refractivity (Wildman–Crippen MR) is 170 cm³/mol. The van der Waals surface area contributed by atoms with Crippen molar-refractivity contribution in [1.29, 1.82) is 0 Å². The van der Waals surface area contributed by atoms with Gasteiger partial charge in [-0.15, -0.1) is 11.8 Å². The minimum atomic E-state index is -0.584. The first-order valence-corrected chi connectivity index (χ1v) is 14.9. The van der Waals surface area contributed by atoms with E-state index in [2.05, 4.69) is 16.6 Å². The average Bonchev–Trinajstić information content (AvgIpc) is 3.31. The van der Waals surface area contributed by atoms with E-state index in [1.54, 1.807) is 17.8 Å². The first-order valence-electron chi connectivity index (χ1n) is 13.9. The van der Waals surface area contributed by atoms with Crippen LogP contribution in [0.15, 0.2) is 95.0 Å². The van der Waals surface area contributed by atoms with E-state index in [1.165, 1.54) is 6.92 Å². The third kappa shape index (κ3) is 5.92. The van der Waals surface area contributed by atoms with Crippen LogP contribution in [0.25, 0.3) is 21.8 Å². The van der Waals surface area contributed by atoms with Crippen LogP contribution in [0.3, 0.4) is 0 Å². The lowest BCUT2D eigenvalue weighted by molar-refractivity contribution is -0.140. The van der Waals surface area contributed by atoms with E-state index in [9.17, 15) is 14.4 Å². The Morgan fingerprint density at radius 1 is 0.810 bits per heavy atom. The van der Waals surface area contributed by atoms with Crippen LogP contribution in [0.1, 0.15) is 57.7 Å². The van der Waals surface area contributed by atoms with Gasteiger partial charge in [-0.05, 0) is 74.4 Å². The van der Waals surface area contributed by atoms with Gasteiger partial charge in [-0.25, -0.2) is 4.79 Å². The van der Waals surface area contributed by atoms with Crippen LogP contribution in [0.5, 0.6) is 0 Å². The molecular formula is C35H32N2O4S. The highest BCUT2D eigenvalue weighted by molar-refractivity contribution is 7.99. The van der Waals surface area contributed by atoms with Crippen molar-refractivity contribution < 1.29 is 19.2 Å². The predicted octanol–water partition coefficient (Wildman–Crippen LogP) is 7.95. The molecule has 42 heavy (non-hydrogen) atoms. The highest BCUT2D eigenvalue weighted by Crippen LogP contribution is 2.32. The summed E-state index contributed by atoms with van der Waals surface area (Å²) in [6.07, 6.45) is 0.328. The smallest absolute Gasteiger partial charge is 0.331 e. The molecule has 0 saturated heterocycles. The molecule has 212 valence electrons. The van der Waals surface area contributed by atoms with Crippen molar-refractivity contribution in [3.05, 3.63) is 113 Å². The molecule has 5 rings (SSSR count). The molecule has 0 spiro atoms. The van der Waals surface area contributed by atoms with Crippen LogP contribution in [-0.2, 0) is 16.2 Å². The van der Waals surface area contributed by atoms with Crippen LogP contribution < -0.4 is 0 Å². The SMILES string of the molecule is CCn1c2ccc(C(=O)/C(CCSc3ccccc3C)=N/OC(C)=O)cc2c2cc(C(=O)c3ccccc3C)ccc21. The first kappa shape index (κ1) is 29.0. The van der Waals surface area contributed by atoms with Gasteiger partial charge in [-0.1, -0.05) is 47.6 Å². The highest BCUT2D eigenvalue weighted by atomic mass is 32.2. The van der Waals surface area contributed by atoms with Gasteiger partial charge in [-0.2, -0.15) is 0 Å². The number of ketones is 2. The Morgan fingerprint density at radius 3 is 2.07 bits per heavy atom. The average molecular weight is 577 g/mol. The van der Waals surface area contributed by atoms with Crippen LogP contribution in [0.4, 0.5) is 0 Å². The van der Waals surface area contributed by atoms with Gasteiger partial charge < -0.3 is 9.40 Å². The molecule has 0 unspecified atom stereocenters. The maximum absolute atomic E-state index is 13.7. The Morgan fingerprint density at radius 2 is 1.43 bits per heavy atom. The molecule has 0 atom stereocenters. The maximum atomic E-state index is 13.7. The largest absolute Gasteiger partial charge is 0.341 e. The topological polar surface area (TPSA) is 77.7 Å². The van der Waals surface area contributed by atoms with Gasteiger partial charge >= 0.3 is 5.97 Å². The number of thioether (sulfide) groups is 1. The van der Waals surface area contributed by atoms with E-state index in [4.69, 9.17) is 4.84 Å². The quantitative estimate of drug-likeness (QED) is 0.0554. The van der Waals surface area contributed by atoms with E-state index >= 15 is 0 Å². The number of carbonyl (C=O) groups is 3. The molecule has 0 N–H and O–H groups in total. The van der Waals surface area contributed by atoms with Crippen molar-refractivity contribution in [3.63, 3.8) is 0 Å². The molecule has 5 aromatic rings. The molecule has 7 heteroatoms. The Balaban J connectivity index is 1.51. The van der Waals surface area contributed by atoms with Crippen molar-refractivity contribution >= 4 is 56.8 Å². The zero-order chi connectivity index (χ0) is 29.8. The summed E-state index contributed by atoms with van der Waals surface area (Å²) in [5, 5.41) is 5.72. The number of hydrogen-bond donors (Lipinski definition) is 0. The monoisotopic (exact) mass is 576 g/mol. The Labute approximate surface area is 249 Å². The molecule has 1 heterocycles. The highest BCUT2D eigenvalue weighted by Gasteiger charge is 2.20.